The first-order valence-electron chi connectivity index (χ1n) is 8.54. The van der Waals surface area contributed by atoms with E-state index in [4.69, 9.17) is 10.2 Å². The molecule has 0 aliphatic rings. The van der Waals surface area contributed by atoms with E-state index in [1.165, 1.54) is 0 Å². The van der Waals surface area contributed by atoms with Crippen LogP contribution in [-0.4, -0.2) is 9.97 Å². The second-order valence-electron chi connectivity index (χ2n) is 6.28. The van der Waals surface area contributed by atoms with Crippen LogP contribution < -0.4 is 11.1 Å². The molecule has 0 fully saturated rings. The van der Waals surface area contributed by atoms with Crippen molar-refractivity contribution in [3.05, 3.63) is 89.6 Å². The molecule has 3 heterocycles. The van der Waals surface area contributed by atoms with Crippen molar-refractivity contribution < 1.29 is 4.42 Å². The average molecular weight is 344 g/mol. The molecule has 5 nitrogen and oxygen atoms in total. The van der Waals surface area contributed by atoms with Crippen molar-refractivity contribution in [3.8, 4) is 0 Å². The quantitative estimate of drug-likeness (QED) is 0.567. The number of pyridine rings is 2. The molecule has 0 aliphatic carbocycles. The number of nitrogens with one attached hydrogen (secondary N) is 1. The predicted octanol–water partition coefficient (Wildman–Crippen LogP) is 4.19. The van der Waals surface area contributed by atoms with Crippen molar-refractivity contribution >= 4 is 16.7 Å². The highest BCUT2D eigenvalue weighted by atomic mass is 16.3. The van der Waals surface area contributed by atoms with Gasteiger partial charge in [0.05, 0.1) is 18.1 Å². The van der Waals surface area contributed by atoms with Gasteiger partial charge in [0.1, 0.15) is 17.3 Å². The minimum absolute atomic E-state index is 0.201. The van der Waals surface area contributed by atoms with Gasteiger partial charge >= 0.3 is 0 Å². The third kappa shape index (κ3) is 3.43. The summed E-state index contributed by atoms with van der Waals surface area (Å²) in [5.41, 5.74) is 9.33. The molecule has 0 saturated heterocycles. The van der Waals surface area contributed by atoms with E-state index in [9.17, 15) is 0 Å². The highest BCUT2D eigenvalue weighted by molar-refractivity contribution is 5.81. The van der Waals surface area contributed by atoms with Crippen LogP contribution >= 0.6 is 0 Å². The largest absolute Gasteiger partial charge is 0.465 e. The van der Waals surface area contributed by atoms with Crippen LogP contribution in [0.2, 0.25) is 0 Å². The van der Waals surface area contributed by atoms with Crippen LogP contribution in [0.15, 0.2) is 71.4 Å². The molecule has 26 heavy (non-hydrogen) atoms. The normalized spacial score (nSPS) is 12.2. The number of anilines is 1. The van der Waals surface area contributed by atoms with Gasteiger partial charge in [0.15, 0.2) is 0 Å². The number of fused-ring (bicyclic) bond motifs is 1. The smallest absolute Gasteiger partial charge is 0.127 e. The standard InChI is InChI=1S/C21H20N4O/c1-14-4-7-18(26-14)13-24-20-9-6-15-11-16(5-8-19(15)25-20)21(22)17-3-2-10-23-12-17/h2-12,21H,13,22H2,1H3,(H,24,25). The molecule has 0 saturated carbocycles. The zero-order chi connectivity index (χ0) is 17.9. The van der Waals surface area contributed by atoms with Crippen LogP contribution in [0.3, 0.4) is 0 Å². The minimum Gasteiger partial charge on any atom is -0.465 e. The van der Waals surface area contributed by atoms with Crippen molar-refractivity contribution in [2.24, 2.45) is 5.73 Å². The summed E-state index contributed by atoms with van der Waals surface area (Å²) >= 11 is 0. The van der Waals surface area contributed by atoms with Crippen LogP contribution in [0.4, 0.5) is 5.82 Å². The van der Waals surface area contributed by atoms with Crippen LogP contribution in [0.5, 0.6) is 0 Å². The zero-order valence-electron chi connectivity index (χ0n) is 14.5. The van der Waals surface area contributed by atoms with Gasteiger partial charge in [0.2, 0.25) is 0 Å². The molecule has 3 N–H and O–H groups in total. The van der Waals surface area contributed by atoms with Gasteiger partial charge < -0.3 is 15.5 Å². The van der Waals surface area contributed by atoms with E-state index in [1.807, 2.05) is 49.4 Å². The maximum absolute atomic E-state index is 6.37. The number of nitrogens with two attached hydrogens (primary N) is 1. The van der Waals surface area contributed by atoms with E-state index in [-0.39, 0.29) is 6.04 Å². The molecule has 0 spiro atoms. The Morgan fingerprint density at radius 2 is 2.00 bits per heavy atom. The number of hydrogen-bond donors (Lipinski definition) is 2. The summed E-state index contributed by atoms with van der Waals surface area (Å²) in [6.45, 7) is 2.54. The lowest BCUT2D eigenvalue weighted by atomic mass is 9.99. The lowest BCUT2D eigenvalue weighted by Gasteiger charge is -2.13. The molecule has 3 aromatic heterocycles. The Bertz CT molecular complexity index is 1030. The van der Waals surface area contributed by atoms with E-state index in [2.05, 4.69) is 27.4 Å². The molecule has 0 bridgehead atoms. The van der Waals surface area contributed by atoms with Gasteiger partial charge in [-0.15, -0.1) is 0 Å². The molecule has 5 heteroatoms. The zero-order valence-corrected chi connectivity index (χ0v) is 14.5. The Labute approximate surface area is 151 Å². The predicted molar refractivity (Wildman–Crippen MR) is 103 cm³/mol. The molecule has 130 valence electrons. The monoisotopic (exact) mass is 344 g/mol. The summed E-state index contributed by atoms with van der Waals surface area (Å²) < 4.78 is 5.57. The fourth-order valence-corrected chi connectivity index (χ4v) is 2.95. The third-order valence-corrected chi connectivity index (χ3v) is 4.36. The van der Waals surface area contributed by atoms with Crippen molar-refractivity contribution in [2.45, 2.75) is 19.5 Å². The fourth-order valence-electron chi connectivity index (χ4n) is 2.95. The van der Waals surface area contributed by atoms with E-state index < -0.39 is 0 Å². The second kappa shape index (κ2) is 6.98. The third-order valence-electron chi connectivity index (χ3n) is 4.36. The number of rotatable bonds is 5. The first-order valence-corrected chi connectivity index (χ1v) is 8.54. The number of aromatic nitrogens is 2. The van der Waals surface area contributed by atoms with Crippen LogP contribution in [-0.2, 0) is 6.54 Å². The van der Waals surface area contributed by atoms with Crippen molar-refractivity contribution in [3.63, 3.8) is 0 Å². The van der Waals surface area contributed by atoms with Gasteiger partial charge in [-0.2, -0.15) is 0 Å². The highest BCUT2D eigenvalue weighted by Gasteiger charge is 2.10. The summed E-state index contributed by atoms with van der Waals surface area (Å²) in [7, 11) is 0. The average Bonchev–Trinajstić information content (AvgIpc) is 3.11. The Morgan fingerprint density at radius 3 is 2.77 bits per heavy atom. The van der Waals surface area contributed by atoms with Gasteiger partial charge in [-0.3, -0.25) is 4.98 Å². The van der Waals surface area contributed by atoms with Crippen molar-refractivity contribution in [1.29, 1.82) is 0 Å². The number of aryl methyl sites for hydroxylation is 1. The summed E-state index contributed by atoms with van der Waals surface area (Å²) in [5.74, 6) is 2.61. The molecule has 4 aromatic rings. The van der Waals surface area contributed by atoms with E-state index in [0.717, 1.165) is 39.4 Å². The Morgan fingerprint density at radius 1 is 1.08 bits per heavy atom. The SMILES string of the molecule is Cc1ccc(CNc2ccc3cc(C(N)c4cccnc4)ccc3n2)o1. The van der Waals surface area contributed by atoms with Crippen LogP contribution in [0.1, 0.15) is 28.7 Å². The Balaban J connectivity index is 1.54. The first kappa shape index (κ1) is 16.3. The lowest BCUT2D eigenvalue weighted by molar-refractivity contribution is 0.490. The first-order chi connectivity index (χ1) is 12.7. The molecule has 4 rings (SSSR count). The lowest BCUT2D eigenvalue weighted by Crippen LogP contribution is -2.12. The Kier molecular flexibility index (Phi) is 4.37. The van der Waals surface area contributed by atoms with Crippen molar-refractivity contribution in [2.75, 3.05) is 5.32 Å². The van der Waals surface area contributed by atoms with Crippen LogP contribution in [0.25, 0.3) is 10.9 Å². The van der Waals surface area contributed by atoms with E-state index in [0.29, 0.717) is 6.54 Å². The molecule has 1 unspecified atom stereocenters. The van der Waals surface area contributed by atoms with E-state index >= 15 is 0 Å². The molecule has 0 aliphatic heterocycles. The molecule has 1 aromatic carbocycles. The van der Waals surface area contributed by atoms with Gasteiger partial charge in [-0.1, -0.05) is 12.1 Å². The molecular weight excluding hydrogens is 324 g/mol. The van der Waals surface area contributed by atoms with E-state index in [1.54, 1.807) is 12.4 Å². The Hall–Kier alpha value is -3.18. The summed E-state index contributed by atoms with van der Waals surface area (Å²) in [5, 5.41) is 4.35. The number of benzene rings is 1. The fraction of sp³-hybridized carbons (Fsp3) is 0.143. The van der Waals surface area contributed by atoms with Gasteiger partial charge in [-0.25, -0.2) is 4.98 Å². The topological polar surface area (TPSA) is 77.0 Å². The number of furan rings is 1. The van der Waals surface area contributed by atoms with Crippen molar-refractivity contribution in [1.82, 2.24) is 9.97 Å². The van der Waals surface area contributed by atoms with Crippen LogP contribution in [0, 0.1) is 6.92 Å². The number of nitrogens with zero attached hydrogens (tertiary/aromatic N) is 2. The summed E-state index contributed by atoms with van der Waals surface area (Å²) in [6.07, 6.45) is 3.55. The molecule has 0 radical (unpaired) electrons. The summed E-state index contributed by atoms with van der Waals surface area (Å²) in [4.78, 5) is 8.81. The minimum atomic E-state index is -0.201. The maximum Gasteiger partial charge on any atom is 0.127 e. The molecular formula is C21H20N4O. The molecule has 1 atom stereocenters. The second-order valence-corrected chi connectivity index (χ2v) is 6.28. The summed E-state index contributed by atoms with van der Waals surface area (Å²) in [6, 6.07) is 17.7. The molecule has 0 amide bonds. The highest BCUT2D eigenvalue weighted by Crippen LogP contribution is 2.24. The van der Waals surface area contributed by atoms with Gasteiger partial charge in [-0.05, 0) is 60.5 Å². The maximum atomic E-state index is 6.37. The van der Waals surface area contributed by atoms with Gasteiger partial charge in [0.25, 0.3) is 0 Å². The number of hydrogen-bond acceptors (Lipinski definition) is 5. The van der Waals surface area contributed by atoms with Gasteiger partial charge in [0, 0.05) is 17.8 Å².